The van der Waals surface area contributed by atoms with Gasteiger partial charge in [0.05, 0.1) is 0 Å². The second kappa shape index (κ2) is 6.64. The normalized spacial score (nSPS) is 23.1. The first-order chi connectivity index (χ1) is 8.42. The van der Waals surface area contributed by atoms with Gasteiger partial charge < -0.3 is 0 Å². The summed E-state index contributed by atoms with van der Waals surface area (Å²) in [6, 6.07) is 10.9. The van der Waals surface area contributed by atoms with E-state index in [4.69, 9.17) is 0 Å². The highest BCUT2D eigenvalue weighted by Crippen LogP contribution is 2.48. The molecule has 1 fully saturated rings. The van der Waals surface area contributed by atoms with Gasteiger partial charge in [-0.25, -0.2) is 0 Å². The summed E-state index contributed by atoms with van der Waals surface area (Å²) in [4.78, 5) is 0. The molecule has 0 heteroatoms. The maximum Gasteiger partial charge on any atom is -0.00930 e. The molecule has 17 heavy (non-hydrogen) atoms. The number of rotatable bonds is 7. The van der Waals surface area contributed by atoms with Crippen LogP contribution in [0.25, 0.3) is 0 Å². The standard InChI is InChI=1S/C17H24/c1-2-3-4-5-6-8-13-16-14-17(16)15-11-9-7-10-12-15/h7-13,16-17H,2-6,14H2,1H3/b13-8+/t16?,17-/m0/s1. The minimum absolute atomic E-state index is 0.808. The minimum Gasteiger partial charge on any atom is -0.0882 e. The van der Waals surface area contributed by atoms with Gasteiger partial charge in [0, 0.05) is 0 Å². The zero-order chi connectivity index (χ0) is 11.9. The quantitative estimate of drug-likeness (QED) is 0.438. The van der Waals surface area contributed by atoms with Crippen molar-refractivity contribution in [1.29, 1.82) is 0 Å². The third kappa shape index (κ3) is 4.03. The van der Waals surface area contributed by atoms with E-state index in [1.165, 1.54) is 44.1 Å². The number of allylic oxidation sites excluding steroid dienone is 2. The Kier molecular flexibility index (Phi) is 4.85. The fraction of sp³-hybridized carbons (Fsp3) is 0.529. The topological polar surface area (TPSA) is 0 Å². The predicted octanol–water partition coefficient (Wildman–Crippen LogP) is 5.32. The van der Waals surface area contributed by atoms with E-state index in [1.807, 2.05) is 0 Å². The molecule has 1 unspecified atom stereocenters. The Labute approximate surface area is 106 Å². The summed E-state index contributed by atoms with van der Waals surface area (Å²) in [5.41, 5.74) is 1.52. The van der Waals surface area contributed by atoms with Crippen LogP contribution in [-0.4, -0.2) is 0 Å². The Morgan fingerprint density at radius 2 is 1.94 bits per heavy atom. The van der Waals surface area contributed by atoms with Crippen LogP contribution in [0.5, 0.6) is 0 Å². The number of benzene rings is 1. The van der Waals surface area contributed by atoms with Gasteiger partial charge in [-0.2, -0.15) is 0 Å². The SMILES string of the molecule is CCCCCC/C=C/C1C[C@H]1c1ccccc1. The summed E-state index contributed by atoms with van der Waals surface area (Å²) >= 11 is 0. The zero-order valence-electron chi connectivity index (χ0n) is 10.9. The second-order valence-corrected chi connectivity index (χ2v) is 5.19. The molecule has 0 nitrogen and oxygen atoms in total. The summed E-state index contributed by atoms with van der Waals surface area (Å²) in [5.74, 6) is 1.63. The van der Waals surface area contributed by atoms with Crippen molar-refractivity contribution in [3.8, 4) is 0 Å². The Morgan fingerprint density at radius 1 is 1.12 bits per heavy atom. The molecule has 0 radical (unpaired) electrons. The third-order valence-electron chi connectivity index (χ3n) is 3.68. The predicted molar refractivity (Wildman–Crippen MR) is 75.2 cm³/mol. The van der Waals surface area contributed by atoms with Crippen molar-refractivity contribution in [2.75, 3.05) is 0 Å². The van der Waals surface area contributed by atoms with E-state index < -0.39 is 0 Å². The van der Waals surface area contributed by atoms with Crippen molar-refractivity contribution < 1.29 is 0 Å². The zero-order valence-corrected chi connectivity index (χ0v) is 10.9. The van der Waals surface area contributed by atoms with Crippen LogP contribution >= 0.6 is 0 Å². The summed E-state index contributed by atoms with van der Waals surface area (Å²) in [6.07, 6.45) is 13.0. The molecule has 0 N–H and O–H groups in total. The van der Waals surface area contributed by atoms with Gasteiger partial charge in [-0.1, -0.05) is 68.7 Å². The lowest BCUT2D eigenvalue weighted by Crippen LogP contribution is -1.80. The van der Waals surface area contributed by atoms with E-state index >= 15 is 0 Å². The maximum absolute atomic E-state index is 2.45. The highest BCUT2D eigenvalue weighted by Gasteiger charge is 2.35. The molecule has 0 aromatic heterocycles. The number of hydrogen-bond donors (Lipinski definition) is 0. The Bertz CT molecular complexity index is 336. The summed E-state index contributed by atoms with van der Waals surface area (Å²) in [5, 5.41) is 0. The molecular weight excluding hydrogens is 204 g/mol. The van der Waals surface area contributed by atoms with Crippen LogP contribution in [0.15, 0.2) is 42.5 Å². The fourth-order valence-electron chi connectivity index (χ4n) is 2.47. The van der Waals surface area contributed by atoms with Crippen molar-refractivity contribution in [1.82, 2.24) is 0 Å². The van der Waals surface area contributed by atoms with Gasteiger partial charge in [0.15, 0.2) is 0 Å². The Morgan fingerprint density at radius 3 is 2.71 bits per heavy atom. The Balaban J connectivity index is 1.64. The highest BCUT2D eigenvalue weighted by atomic mass is 14.4. The van der Waals surface area contributed by atoms with Gasteiger partial charge in [-0.05, 0) is 36.7 Å². The molecular formula is C17H24. The lowest BCUT2D eigenvalue weighted by Gasteiger charge is -1.96. The molecule has 0 bridgehead atoms. The van der Waals surface area contributed by atoms with Gasteiger partial charge in [0.25, 0.3) is 0 Å². The Hall–Kier alpha value is -1.04. The van der Waals surface area contributed by atoms with Crippen molar-refractivity contribution in [2.24, 2.45) is 5.92 Å². The molecule has 0 saturated heterocycles. The van der Waals surface area contributed by atoms with Gasteiger partial charge in [-0.15, -0.1) is 0 Å². The van der Waals surface area contributed by atoms with Gasteiger partial charge in [0.2, 0.25) is 0 Å². The van der Waals surface area contributed by atoms with E-state index in [-0.39, 0.29) is 0 Å². The van der Waals surface area contributed by atoms with Gasteiger partial charge >= 0.3 is 0 Å². The average molecular weight is 228 g/mol. The first-order valence-corrected chi connectivity index (χ1v) is 7.13. The molecule has 1 aromatic rings. The largest absolute Gasteiger partial charge is 0.0882 e. The molecule has 0 spiro atoms. The molecule has 1 aliphatic carbocycles. The summed E-state index contributed by atoms with van der Waals surface area (Å²) in [7, 11) is 0. The molecule has 1 aromatic carbocycles. The lowest BCUT2D eigenvalue weighted by atomic mass is 10.1. The van der Waals surface area contributed by atoms with E-state index in [1.54, 1.807) is 0 Å². The fourth-order valence-corrected chi connectivity index (χ4v) is 2.47. The van der Waals surface area contributed by atoms with Gasteiger partial charge in [0.1, 0.15) is 0 Å². The molecule has 92 valence electrons. The monoisotopic (exact) mass is 228 g/mol. The van der Waals surface area contributed by atoms with Gasteiger partial charge in [-0.3, -0.25) is 0 Å². The number of hydrogen-bond acceptors (Lipinski definition) is 0. The van der Waals surface area contributed by atoms with Crippen molar-refractivity contribution in [3.63, 3.8) is 0 Å². The number of unbranched alkanes of at least 4 members (excludes halogenated alkanes) is 4. The smallest absolute Gasteiger partial charge is 0.00930 e. The second-order valence-electron chi connectivity index (χ2n) is 5.19. The first-order valence-electron chi connectivity index (χ1n) is 7.13. The van der Waals surface area contributed by atoms with E-state index in [2.05, 4.69) is 49.4 Å². The third-order valence-corrected chi connectivity index (χ3v) is 3.68. The van der Waals surface area contributed by atoms with Crippen molar-refractivity contribution in [2.45, 2.75) is 51.4 Å². The lowest BCUT2D eigenvalue weighted by molar-refractivity contribution is 0.673. The maximum atomic E-state index is 2.45. The molecule has 2 atom stereocenters. The van der Waals surface area contributed by atoms with Crippen molar-refractivity contribution in [3.05, 3.63) is 48.0 Å². The van der Waals surface area contributed by atoms with Crippen LogP contribution < -0.4 is 0 Å². The molecule has 0 aliphatic heterocycles. The summed E-state index contributed by atoms with van der Waals surface area (Å²) < 4.78 is 0. The summed E-state index contributed by atoms with van der Waals surface area (Å²) in [6.45, 7) is 2.27. The first kappa shape index (κ1) is 12.4. The molecule has 0 amide bonds. The van der Waals surface area contributed by atoms with Crippen LogP contribution in [0.1, 0.15) is 56.9 Å². The van der Waals surface area contributed by atoms with Crippen LogP contribution in [-0.2, 0) is 0 Å². The van der Waals surface area contributed by atoms with E-state index in [9.17, 15) is 0 Å². The van der Waals surface area contributed by atoms with Crippen molar-refractivity contribution >= 4 is 0 Å². The molecule has 2 rings (SSSR count). The average Bonchev–Trinajstić information content (AvgIpc) is 3.14. The van der Waals surface area contributed by atoms with Crippen LogP contribution in [0.4, 0.5) is 0 Å². The van der Waals surface area contributed by atoms with Crippen LogP contribution in [0, 0.1) is 5.92 Å². The van der Waals surface area contributed by atoms with E-state index in [0.717, 1.165) is 11.8 Å². The van der Waals surface area contributed by atoms with Crippen LogP contribution in [0.2, 0.25) is 0 Å². The highest BCUT2D eigenvalue weighted by molar-refractivity contribution is 5.28. The van der Waals surface area contributed by atoms with Crippen LogP contribution in [0.3, 0.4) is 0 Å². The molecule has 1 saturated carbocycles. The minimum atomic E-state index is 0.808. The molecule has 0 heterocycles. The molecule has 1 aliphatic rings. The van der Waals surface area contributed by atoms with E-state index in [0.29, 0.717) is 0 Å².